The maximum atomic E-state index is 12.8. The van der Waals surface area contributed by atoms with Gasteiger partial charge in [0.05, 0.1) is 11.8 Å². The molecular weight excluding hydrogens is 414 g/mol. The molecule has 0 aromatic heterocycles. The van der Waals surface area contributed by atoms with E-state index in [1.165, 1.54) is 10.6 Å². The molecule has 0 spiro atoms. The normalized spacial score (nSPS) is 30.5. The second kappa shape index (κ2) is 9.57. The molecule has 7 nitrogen and oxygen atoms in total. The number of aliphatic imine (C=N–C) groups is 1. The highest BCUT2D eigenvalue weighted by molar-refractivity contribution is 6.06. The molecule has 4 aliphatic rings. The van der Waals surface area contributed by atoms with Crippen molar-refractivity contribution in [2.45, 2.75) is 26.2 Å². The summed E-state index contributed by atoms with van der Waals surface area (Å²) in [5, 5.41) is 6.70. The summed E-state index contributed by atoms with van der Waals surface area (Å²) in [6.07, 6.45) is 7.15. The molecule has 5 rings (SSSR count). The van der Waals surface area contributed by atoms with E-state index in [1.807, 2.05) is 0 Å². The van der Waals surface area contributed by atoms with Crippen LogP contribution in [0.3, 0.4) is 0 Å². The van der Waals surface area contributed by atoms with Gasteiger partial charge in [0.25, 0.3) is 0 Å². The smallest absolute Gasteiger partial charge is 0.233 e. The molecule has 2 aliphatic heterocycles. The fraction of sp³-hybridized carbons (Fsp3) is 0.577. The van der Waals surface area contributed by atoms with Crippen molar-refractivity contribution in [3.05, 3.63) is 42.5 Å². The third kappa shape index (κ3) is 4.37. The van der Waals surface area contributed by atoms with Gasteiger partial charge in [-0.25, -0.2) is 0 Å². The number of benzene rings is 1. The number of hydrogen-bond donors (Lipinski definition) is 2. The number of nitrogens with one attached hydrogen (secondary N) is 2. The minimum Gasteiger partial charge on any atom is -0.371 e. The minimum atomic E-state index is -0.0961. The predicted molar refractivity (Wildman–Crippen MR) is 130 cm³/mol. The van der Waals surface area contributed by atoms with Crippen molar-refractivity contribution < 1.29 is 9.59 Å². The molecule has 2 saturated heterocycles. The number of likely N-dealkylation sites (tertiary alicyclic amines) is 1. The quantitative estimate of drug-likeness (QED) is 0.209. The SMILES string of the molecule is CCNC(=NCC1CCN(c2ccccc2)C1)NCCCN1C(=O)C2C3C=CC(C3)C2C1=O. The molecule has 1 saturated carbocycles. The number of carbonyl (C=O) groups excluding carboxylic acids is 2. The maximum absolute atomic E-state index is 12.8. The number of rotatable bonds is 8. The Morgan fingerprint density at radius 1 is 1.06 bits per heavy atom. The highest BCUT2D eigenvalue weighted by Crippen LogP contribution is 2.52. The van der Waals surface area contributed by atoms with Gasteiger partial charge in [-0.3, -0.25) is 19.5 Å². The van der Waals surface area contributed by atoms with Crippen LogP contribution in [0.15, 0.2) is 47.5 Å². The zero-order chi connectivity index (χ0) is 22.8. The van der Waals surface area contributed by atoms with Crippen LogP contribution in [0.4, 0.5) is 5.69 Å². The monoisotopic (exact) mass is 449 g/mol. The number of anilines is 1. The van der Waals surface area contributed by atoms with Crippen LogP contribution in [0, 0.1) is 29.6 Å². The van der Waals surface area contributed by atoms with Crippen LogP contribution in [-0.2, 0) is 9.59 Å². The van der Waals surface area contributed by atoms with E-state index in [1.54, 1.807) is 0 Å². The predicted octanol–water partition coefficient (Wildman–Crippen LogP) is 2.27. The number of allylic oxidation sites excluding steroid dienone is 2. The van der Waals surface area contributed by atoms with Crippen LogP contribution in [0.1, 0.15) is 26.2 Å². The first-order chi connectivity index (χ1) is 16.2. The highest BCUT2D eigenvalue weighted by Gasteiger charge is 2.58. The number of nitrogens with zero attached hydrogens (tertiary/aromatic N) is 3. The third-order valence-corrected chi connectivity index (χ3v) is 7.67. The molecule has 1 aromatic rings. The van der Waals surface area contributed by atoms with E-state index >= 15 is 0 Å². The molecule has 7 heteroatoms. The first-order valence-electron chi connectivity index (χ1n) is 12.5. The van der Waals surface area contributed by atoms with Crippen LogP contribution in [-0.4, -0.2) is 61.9 Å². The van der Waals surface area contributed by atoms with E-state index in [0.29, 0.717) is 19.0 Å². The van der Waals surface area contributed by atoms with Gasteiger partial charge >= 0.3 is 0 Å². The lowest BCUT2D eigenvalue weighted by Gasteiger charge is -2.19. The third-order valence-electron chi connectivity index (χ3n) is 7.67. The van der Waals surface area contributed by atoms with Gasteiger partial charge in [-0.1, -0.05) is 30.4 Å². The Balaban J connectivity index is 1.07. The lowest BCUT2D eigenvalue weighted by atomic mass is 9.85. The molecule has 1 aromatic carbocycles. The van der Waals surface area contributed by atoms with E-state index in [9.17, 15) is 9.59 Å². The summed E-state index contributed by atoms with van der Waals surface area (Å²) in [5.74, 6) is 1.82. The van der Waals surface area contributed by atoms with Gasteiger partial charge < -0.3 is 15.5 Å². The molecule has 2 heterocycles. The van der Waals surface area contributed by atoms with Crippen molar-refractivity contribution >= 4 is 23.5 Å². The minimum absolute atomic E-state index is 0.0478. The Hall–Kier alpha value is -2.83. The molecule has 2 aliphatic carbocycles. The van der Waals surface area contributed by atoms with E-state index < -0.39 is 0 Å². The van der Waals surface area contributed by atoms with Crippen LogP contribution < -0.4 is 15.5 Å². The van der Waals surface area contributed by atoms with E-state index in [-0.39, 0.29) is 35.5 Å². The first-order valence-corrected chi connectivity index (χ1v) is 12.5. The van der Waals surface area contributed by atoms with Gasteiger partial charge in [0.1, 0.15) is 0 Å². The van der Waals surface area contributed by atoms with Crippen molar-refractivity contribution in [3.63, 3.8) is 0 Å². The number of guanidine groups is 1. The highest BCUT2D eigenvalue weighted by atomic mass is 16.2. The zero-order valence-electron chi connectivity index (χ0n) is 19.5. The number of hydrogen-bond acceptors (Lipinski definition) is 4. The number of para-hydroxylation sites is 1. The fourth-order valence-corrected chi connectivity index (χ4v) is 6.05. The number of imide groups is 1. The average Bonchev–Trinajstić information content (AvgIpc) is 3.61. The largest absolute Gasteiger partial charge is 0.371 e. The van der Waals surface area contributed by atoms with Crippen LogP contribution in [0.2, 0.25) is 0 Å². The van der Waals surface area contributed by atoms with Crippen LogP contribution in [0.5, 0.6) is 0 Å². The second-order valence-corrected chi connectivity index (χ2v) is 9.76. The summed E-state index contributed by atoms with van der Waals surface area (Å²) in [6, 6.07) is 10.6. The van der Waals surface area contributed by atoms with E-state index in [2.05, 4.69) is 64.9 Å². The van der Waals surface area contributed by atoms with Gasteiger partial charge in [-0.2, -0.15) is 0 Å². The average molecular weight is 450 g/mol. The molecule has 3 fully saturated rings. The number of fused-ring (bicyclic) bond motifs is 5. The van der Waals surface area contributed by atoms with Crippen molar-refractivity contribution in [3.8, 4) is 0 Å². The summed E-state index contributed by atoms with van der Waals surface area (Å²) in [7, 11) is 0. The molecule has 5 unspecified atom stereocenters. The van der Waals surface area contributed by atoms with Gasteiger partial charge in [0.2, 0.25) is 11.8 Å². The van der Waals surface area contributed by atoms with Crippen LogP contribution >= 0.6 is 0 Å². The lowest BCUT2D eigenvalue weighted by molar-refractivity contribution is -0.140. The van der Waals surface area contributed by atoms with Gasteiger partial charge in [0, 0.05) is 45.0 Å². The van der Waals surface area contributed by atoms with Crippen LogP contribution in [0.25, 0.3) is 0 Å². The standard InChI is InChI=1S/C26H35N5O2/c1-2-27-26(29-16-18-11-14-30(17-18)21-7-4-3-5-8-21)28-12-6-13-31-24(32)22-19-9-10-20(15-19)23(22)25(31)33/h3-5,7-10,18-20,22-23H,2,6,11-17H2,1H3,(H2,27,28,29). The maximum Gasteiger partial charge on any atom is 0.233 e. The number of amides is 2. The number of carbonyl (C=O) groups is 2. The van der Waals surface area contributed by atoms with Gasteiger partial charge in [-0.15, -0.1) is 0 Å². The molecule has 0 radical (unpaired) electrons. The Labute approximate surface area is 196 Å². The van der Waals surface area contributed by atoms with Crippen molar-refractivity contribution in [2.75, 3.05) is 44.2 Å². The Kier molecular flexibility index (Phi) is 6.38. The van der Waals surface area contributed by atoms with Crippen molar-refractivity contribution in [2.24, 2.45) is 34.6 Å². The molecular formula is C26H35N5O2. The molecule has 5 atom stereocenters. The van der Waals surface area contributed by atoms with E-state index in [4.69, 9.17) is 4.99 Å². The van der Waals surface area contributed by atoms with E-state index in [0.717, 1.165) is 51.4 Å². The van der Waals surface area contributed by atoms with Crippen molar-refractivity contribution in [1.29, 1.82) is 0 Å². The second-order valence-electron chi connectivity index (χ2n) is 9.76. The Bertz CT molecular complexity index is 900. The van der Waals surface area contributed by atoms with Gasteiger partial charge in [0.15, 0.2) is 5.96 Å². The fourth-order valence-electron chi connectivity index (χ4n) is 6.05. The summed E-state index contributed by atoms with van der Waals surface area (Å²) in [4.78, 5) is 34.4. The summed E-state index contributed by atoms with van der Waals surface area (Å²) >= 11 is 0. The summed E-state index contributed by atoms with van der Waals surface area (Å²) in [6.45, 7) is 6.94. The molecule has 176 valence electrons. The topological polar surface area (TPSA) is 77.0 Å². The summed E-state index contributed by atoms with van der Waals surface area (Å²) < 4.78 is 0. The summed E-state index contributed by atoms with van der Waals surface area (Å²) in [5.41, 5.74) is 1.29. The lowest BCUT2D eigenvalue weighted by Crippen LogP contribution is -2.40. The van der Waals surface area contributed by atoms with Crippen molar-refractivity contribution in [1.82, 2.24) is 15.5 Å². The Morgan fingerprint density at radius 3 is 2.48 bits per heavy atom. The Morgan fingerprint density at radius 2 is 1.79 bits per heavy atom. The molecule has 2 bridgehead atoms. The molecule has 2 N–H and O–H groups in total. The molecule has 33 heavy (non-hydrogen) atoms. The molecule has 2 amide bonds. The van der Waals surface area contributed by atoms with Gasteiger partial charge in [-0.05, 0) is 56.1 Å². The zero-order valence-corrected chi connectivity index (χ0v) is 19.5. The first kappa shape index (κ1) is 22.0.